The van der Waals surface area contributed by atoms with E-state index in [0.29, 0.717) is 12.8 Å². The molecule has 1 N–H and O–H groups in total. The summed E-state index contributed by atoms with van der Waals surface area (Å²) in [6.45, 7) is 5.65. The highest BCUT2D eigenvalue weighted by Crippen LogP contribution is 2.24. The minimum atomic E-state index is -0.113. The number of aliphatic hydroxyl groups is 1. The fraction of sp³-hybridized carbons (Fsp3) is 0.500. The van der Waals surface area contributed by atoms with Gasteiger partial charge in [0.15, 0.2) is 11.5 Å². The van der Waals surface area contributed by atoms with Crippen LogP contribution in [-0.4, -0.2) is 10.9 Å². The van der Waals surface area contributed by atoms with E-state index in [1.54, 1.807) is 0 Å². The van der Waals surface area contributed by atoms with E-state index in [1.165, 1.54) is 0 Å². The van der Waals surface area contributed by atoms with Gasteiger partial charge in [-0.05, 0) is 31.8 Å². The summed E-state index contributed by atoms with van der Waals surface area (Å²) in [5.74, 6) is -0.123. The molecule has 0 unspecified atom stereocenters. The largest absolute Gasteiger partial charge is 0.504 e. The maximum absolute atomic E-state index is 11.0. The summed E-state index contributed by atoms with van der Waals surface area (Å²) in [4.78, 5) is 11.0. The molecule has 1 rings (SSSR count). The molecule has 0 fully saturated rings. The molecule has 66 valence electrons. The number of ketones is 1. The average molecular weight is 166 g/mol. The molecule has 0 aromatic heterocycles. The molecule has 0 amide bonds. The molecular weight excluding hydrogens is 152 g/mol. The summed E-state index contributed by atoms with van der Waals surface area (Å²) in [6.07, 6.45) is 2.86. The minimum Gasteiger partial charge on any atom is -0.504 e. The molecule has 0 aromatic carbocycles. The second-order valence-corrected chi connectivity index (χ2v) is 3.36. The Morgan fingerprint density at radius 2 is 2.25 bits per heavy atom. The van der Waals surface area contributed by atoms with Crippen LogP contribution in [0.25, 0.3) is 0 Å². The summed E-state index contributed by atoms with van der Waals surface area (Å²) in [7, 11) is 0. The Bertz CT molecular complexity index is 249. The maximum atomic E-state index is 11.0. The topological polar surface area (TPSA) is 37.3 Å². The number of hydrogen-bond donors (Lipinski definition) is 1. The van der Waals surface area contributed by atoms with E-state index in [9.17, 15) is 9.90 Å². The molecule has 0 radical (unpaired) electrons. The van der Waals surface area contributed by atoms with Crippen LogP contribution in [0, 0.1) is 0 Å². The van der Waals surface area contributed by atoms with Crippen molar-refractivity contribution >= 4 is 5.78 Å². The lowest BCUT2D eigenvalue weighted by Gasteiger charge is -2.14. The monoisotopic (exact) mass is 166 g/mol. The van der Waals surface area contributed by atoms with Crippen molar-refractivity contribution in [2.45, 2.75) is 32.6 Å². The fourth-order valence-electron chi connectivity index (χ4n) is 1.43. The third-order valence-corrected chi connectivity index (χ3v) is 2.00. The summed E-state index contributed by atoms with van der Waals surface area (Å²) in [6, 6.07) is 0. The molecule has 0 aliphatic heterocycles. The lowest BCUT2D eigenvalue weighted by atomic mass is 9.93. The number of hydrogen-bond acceptors (Lipinski definition) is 2. The van der Waals surface area contributed by atoms with Crippen molar-refractivity contribution < 1.29 is 9.90 Å². The van der Waals surface area contributed by atoms with Crippen LogP contribution in [0.5, 0.6) is 0 Å². The molecule has 12 heavy (non-hydrogen) atoms. The van der Waals surface area contributed by atoms with Crippen molar-refractivity contribution in [2.24, 2.45) is 0 Å². The lowest BCUT2D eigenvalue weighted by Crippen LogP contribution is -2.11. The van der Waals surface area contributed by atoms with Crippen LogP contribution >= 0.6 is 0 Å². The second-order valence-electron chi connectivity index (χ2n) is 3.36. The lowest BCUT2D eigenvalue weighted by molar-refractivity contribution is -0.118. The van der Waals surface area contributed by atoms with E-state index in [4.69, 9.17) is 0 Å². The van der Waals surface area contributed by atoms with Gasteiger partial charge in [-0.3, -0.25) is 4.79 Å². The van der Waals surface area contributed by atoms with Gasteiger partial charge in [-0.2, -0.15) is 0 Å². The maximum Gasteiger partial charge on any atom is 0.197 e. The first kappa shape index (κ1) is 9.04. The highest BCUT2D eigenvalue weighted by Gasteiger charge is 2.18. The van der Waals surface area contributed by atoms with Gasteiger partial charge in [0.2, 0.25) is 0 Å². The molecule has 2 heteroatoms. The summed E-state index contributed by atoms with van der Waals surface area (Å²) < 4.78 is 0. The van der Waals surface area contributed by atoms with Crippen LogP contribution in [0.2, 0.25) is 0 Å². The summed E-state index contributed by atoms with van der Waals surface area (Å²) in [5.41, 5.74) is 1.85. The zero-order valence-electron chi connectivity index (χ0n) is 7.39. The highest BCUT2D eigenvalue weighted by molar-refractivity contribution is 5.94. The molecule has 0 heterocycles. The Morgan fingerprint density at radius 3 is 2.83 bits per heavy atom. The Kier molecular flexibility index (Phi) is 2.69. The van der Waals surface area contributed by atoms with Gasteiger partial charge in [-0.15, -0.1) is 0 Å². The minimum absolute atomic E-state index is 0.00995. The number of allylic oxidation sites excluding steroid dienone is 3. The van der Waals surface area contributed by atoms with Crippen LogP contribution in [0.3, 0.4) is 0 Å². The molecule has 1 aliphatic carbocycles. The highest BCUT2D eigenvalue weighted by atomic mass is 16.3. The third-order valence-electron chi connectivity index (χ3n) is 2.00. The Labute approximate surface area is 72.6 Å². The van der Waals surface area contributed by atoms with Crippen molar-refractivity contribution in [2.75, 3.05) is 0 Å². The first-order valence-corrected chi connectivity index (χ1v) is 4.20. The van der Waals surface area contributed by atoms with Crippen LogP contribution in [0.15, 0.2) is 23.5 Å². The quantitative estimate of drug-likeness (QED) is 0.640. The van der Waals surface area contributed by atoms with E-state index in [2.05, 4.69) is 6.58 Å². The molecule has 0 bridgehead atoms. The molecule has 0 saturated heterocycles. The number of carbonyl (C=O) groups is 1. The van der Waals surface area contributed by atoms with Crippen molar-refractivity contribution in [3.05, 3.63) is 23.5 Å². The van der Waals surface area contributed by atoms with Gasteiger partial charge in [0, 0.05) is 6.42 Å². The van der Waals surface area contributed by atoms with Crippen molar-refractivity contribution in [1.82, 2.24) is 0 Å². The fourth-order valence-corrected chi connectivity index (χ4v) is 1.43. The predicted octanol–water partition coefficient (Wildman–Crippen LogP) is 2.52. The van der Waals surface area contributed by atoms with Gasteiger partial charge in [0.1, 0.15) is 0 Å². The van der Waals surface area contributed by atoms with Gasteiger partial charge in [-0.1, -0.05) is 12.2 Å². The molecule has 0 aromatic rings. The Morgan fingerprint density at radius 1 is 1.58 bits per heavy atom. The zero-order chi connectivity index (χ0) is 9.14. The van der Waals surface area contributed by atoms with Crippen molar-refractivity contribution in [3.8, 4) is 0 Å². The standard InChI is InChI=1S/C10H14O2/c1-7(2)6-8-4-3-5-9(11)10(8)12/h12H,1,3-6H2,2H3. The number of Topliss-reactive ketones (excluding diaryl/α,β-unsaturated/α-hetero) is 1. The van der Waals surface area contributed by atoms with Crippen LogP contribution < -0.4 is 0 Å². The van der Waals surface area contributed by atoms with Crippen molar-refractivity contribution in [3.63, 3.8) is 0 Å². The Balaban J connectivity index is 2.78. The molecule has 2 nitrogen and oxygen atoms in total. The normalized spacial score (nSPS) is 18.2. The van der Waals surface area contributed by atoms with Gasteiger partial charge >= 0.3 is 0 Å². The molecule has 0 spiro atoms. The third kappa shape index (κ3) is 1.97. The molecule has 0 atom stereocenters. The SMILES string of the molecule is C=C(C)CC1=C(O)C(=O)CCC1. The number of rotatable bonds is 2. The van der Waals surface area contributed by atoms with E-state index >= 15 is 0 Å². The first-order chi connectivity index (χ1) is 5.61. The van der Waals surface area contributed by atoms with Crippen LogP contribution in [-0.2, 0) is 4.79 Å². The molecule has 0 saturated carbocycles. The predicted molar refractivity (Wildman–Crippen MR) is 47.9 cm³/mol. The van der Waals surface area contributed by atoms with Gasteiger partial charge in [-0.25, -0.2) is 0 Å². The summed E-state index contributed by atoms with van der Waals surface area (Å²) in [5, 5.41) is 9.38. The second kappa shape index (κ2) is 3.57. The summed E-state index contributed by atoms with van der Waals surface area (Å²) >= 11 is 0. The smallest absolute Gasteiger partial charge is 0.197 e. The van der Waals surface area contributed by atoms with Crippen molar-refractivity contribution in [1.29, 1.82) is 0 Å². The average Bonchev–Trinajstić information content (AvgIpc) is 1.98. The number of carbonyl (C=O) groups excluding carboxylic acids is 1. The Hall–Kier alpha value is -1.05. The van der Waals surface area contributed by atoms with Gasteiger partial charge in [0.05, 0.1) is 0 Å². The van der Waals surface area contributed by atoms with Crippen LogP contribution in [0.4, 0.5) is 0 Å². The van der Waals surface area contributed by atoms with E-state index in [-0.39, 0.29) is 11.5 Å². The van der Waals surface area contributed by atoms with Gasteiger partial charge < -0.3 is 5.11 Å². The van der Waals surface area contributed by atoms with E-state index in [0.717, 1.165) is 24.0 Å². The zero-order valence-corrected chi connectivity index (χ0v) is 7.39. The number of aliphatic hydroxyl groups excluding tert-OH is 1. The van der Waals surface area contributed by atoms with E-state index in [1.807, 2.05) is 6.92 Å². The molecular formula is C10H14O2. The molecule has 1 aliphatic rings. The van der Waals surface area contributed by atoms with E-state index < -0.39 is 0 Å². The first-order valence-electron chi connectivity index (χ1n) is 4.20. The van der Waals surface area contributed by atoms with Crippen LogP contribution in [0.1, 0.15) is 32.6 Å². The van der Waals surface area contributed by atoms with Gasteiger partial charge in [0.25, 0.3) is 0 Å².